The summed E-state index contributed by atoms with van der Waals surface area (Å²) in [5.74, 6) is 1.26. The molecule has 0 aliphatic heterocycles. The van der Waals surface area contributed by atoms with Crippen LogP contribution in [0.3, 0.4) is 0 Å². The van der Waals surface area contributed by atoms with Gasteiger partial charge in [-0.1, -0.05) is 0 Å². The van der Waals surface area contributed by atoms with Gasteiger partial charge in [-0.2, -0.15) is 5.10 Å². The first-order valence-electron chi connectivity index (χ1n) is 5.56. The molecule has 2 heterocycles. The lowest BCUT2D eigenvalue weighted by Crippen LogP contribution is -2.17. The molecule has 5 nitrogen and oxygen atoms in total. The molecule has 1 atom stereocenters. The molecule has 1 unspecified atom stereocenters. The molecule has 2 rings (SSSR count). The minimum atomic E-state index is 0.115. The van der Waals surface area contributed by atoms with Gasteiger partial charge in [0, 0.05) is 14.2 Å². The highest BCUT2D eigenvalue weighted by Crippen LogP contribution is 2.20. The number of fused-ring (bicyclic) bond motifs is 1. The summed E-state index contributed by atoms with van der Waals surface area (Å²) in [5, 5.41) is 4.37. The summed E-state index contributed by atoms with van der Waals surface area (Å²) < 4.78 is 9.22. The Labute approximate surface area is 105 Å². The molecule has 0 spiro atoms. The van der Waals surface area contributed by atoms with E-state index in [-0.39, 0.29) is 6.10 Å². The maximum Gasteiger partial charge on any atom is 0.158 e. The zero-order valence-corrected chi connectivity index (χ0v) is 11.3. The Morgan fingerprint density at radius 1 is 1.47 bits per heavy atom. The number of halogens is 1. The van der Waals surface area contributed by atoms with Crippen molar-refractivity contribution < 1.29 is 4.74 Å². The van der Waals surface area contributed by atoms with Gasteiger partial charge in [0.25, 0.3) is 0 Å². The van der Waals surface area contributed by atoms with Crippen LogP contribution in [0, 0.1) is 6.92 Å². The molecule has 94 valence electrons. The number of aromatic nitrogens is 4. The zero-order valence-electron chi connectivity index (χ0n) is 10.6. The highest BCUT2D eigenvalue weighted by Gasteiger charge is 2.17. The second-order valence-electron chi connectivity index (χ2n) is 4.20. The minimum Gasteiger partial charge on any atom is -0.380 e. The Bertz CT molecular complexity index is 531. The predicted octanol–water partition coefficient (Wildman–Crippen LogP) is 1.85. The summed E-state index contributed by atoms with van der Waals surface area (Å²) in [6.45, 7) is 4.71. The SMILES string of the molecule is COC(C)Cn1c(CCl)nc2c(C)nn(C)c21. The fourth-order valence-electron chi connectivity index (χ4n) is 2.01. The van der Waals surface area contributed by atoms with E-state index in [0.29, 0.717) is 5.88 Å². The van der Waals surface area contributed by atoms with Gasteiger partial charge in [-0.3, -0.25) is 4.68 Å². The topological polar surface area (TPSA) is 44.9 Å². The van der Waals surface area contributed by atoms with Crippen molar-refractivity contribution in [3.05, 3.63) is 11.5 Å². The number of alkyl halides is 1. The average molecular weight is 257 g/mol. The summed E-state index contributed by atoms with van der Waals surface area (Å²) in [6.07, 6.45) is 0.115. The average Bonchev–Trinajstić information content (AvgIpc) is 2.79. The highest BCUT2D eigenvalue weighted by atomic mass is 35.5. The van der Waals surface area contributed by atoms with Crippen LogP contribution in [-0.4, -0.2) is 32.5 Å². The number of hydrogen-bond donors (Lipinski definition) is 0. The summed E-state index contributed by atoms with van der Waals surface area (Å²) >= 11 is 5.94. The smallest absolute Gasteiger partial charge is 0.158 e. The molecule has 0 N–H and O–H groups in total. The molecule has 0 radical (unpaired) electrons. The minimum absolute atomic E-state index is 0.115. The van der Waals surface area contributed by atoms with E-state index in [1.165, 1.54) is 0 Å². The van der Waals surface area contributed by atoms with Crippen molar-refractivity contribution in [3.8, 4) is 0 Å². The molecule has 2 aromatic heterocycles. The van der Waals surface area contributed by atoms with E-state index in [4.69, 9.17) is 16.3 Å². The lowest BCUT2D eigenvalue weighted by Gasteiger charge is -2.13. The number of imidazole rings is 1. The quantitative estimate of drug-likeness (QED) is 0.785. The van der Waals surface area contributed by atoms with Crippen LogP contribution in [-0.2, 0) is 24.2 Å². The summed E-state index contributed by atoms with van der Waals surface area (Å²) in [5.41, 5.74) is 2.85. The Kier molecular flexibility index (Phi) is 3.40. The van der Waals surface area contributed by atoms with Gasteiger partial charge >= 0.3 is 0 Å². The largest absolute Gasteiger partial charge is 0.380 e. The Morgan fingerprint density at radius 3 is 2.76 bits per heavy atom. The fourth-order valence-corrected chi connectivity index (χ4v) is 2.21. The van der Waals surface area contributed by atoms with Crippen molar-refractivity contribution in [1.82, 2.24) is 19.3 Å². The molecule has 0 amide bonds. The lowest BCUT2D eigenvalue weighted by atomic mass is 10.4. The van der Waals surface area contributed by atoms with E-state index in [1.54, 1.807) is 7.11 Å². The number of aryl methyl sites for hydroxylation is 2. The first-order chi connectivity index (χ1) is 8.08. The van der Waals surface area contributed by atoms with Crippen molar-refractivity contribution >= 4 is 22.8 Å². The molecular formula is C11H17ClN4O. The molecular weight excluding hydrogens is 240 g/mol. The van der Waals surface area contributed by atoms with Crippen molar-refractivity contribution in [2.24, 2.45) is 7.05 Å². The van der Waals surface area contributed by atoms with Gasteiger partial charge in [0.05, 0.1) is 24.2 Å². The standard InChI is InChI=1S/C11H17ClN4O/c1-7(17-4)6-16-9(5-12)13-10-8(2)14-15(3)11(10)16/h7H,5-6H2,1-4H3. The van der Waals surface area contributed by atoms with Crippen LogP contribution in [0.5, 0.6) is 0 Å². The Hall–Kier alpha value is -1.07. The molecule has 0 aromatic carbocycles. The third-order valence-electron chi connectivity index (χ3n) is 2.93. The number of methoxy groups -OCH3 is 1. The first kappa shape index (κ1) is 12.4. The van der Waals surface area contributed by atoms with Crippen molar-refractivity contribution in [2.45, 2.75) is 32.4 Å². The third kappa shape index (κ3) is 2.05. The van der Waals surface area contributed by atoms with E-state index in [0.717, 1.165) is 29.2 Å². The molecule has 2 aromatic rings. The van der Waals surface area contributed by atoms with Crippen LogP contribution in [0.2, 0.25) is 0 Å². The molecule has 0 saturated heterocycles. The van der Waals surface area contributed by atoms with Gasteiger partial charge in [0.1, 0.15) is 11.3 Å². The zero-order chi connectivity index (χ0) is 12.6. The second-order valence-corrected chi connectivity index (χ2v) is 4.47. The normalized spacial score (nSPS) is 13.5. The molecule has 0 aliphatic rings. The van der Waals surface area contributed by atoms with Crippen LogP contribution in [0.4, 0.5) is 0 Å². The second kappa shape index (κ2) is 4.66. The lowest BCUT2D eigenvalue weighted by molar-refractivity contribution is 0.103. The van der Waals surface area contributed by atoms with Gasteiger partial charge in [0.15, 0.2) is 5.65 Å². The van der Waals surface area contributed by atoms with Crippen molar-refractivity contribution in [3.63, 3.8) is 0 Å². The molecule has 0 bridgehead atoms. The highest BCUT2D eigenvalue weighted by molar-refractivity contribution is 6.16. The monoisotopic (exact) mass is 256 g/mol. The number of ether oxygens (including phenoxy) is 1. The van der Waals surface area contributed by atoms with Gasteiger partial charge in [-0.15, -0.1) is 11.6 Å². The number of rotatable bonds is 4. The van der Waals surface area contributed by atoms with Crippen LogP contribution < -0.4 is 0 Å². The first-order valence-corrected chi connectivity index (χ1v) is 6.09. The van der Waals surface area contributed by atoms with Crippen LogP contribution in [0.1, 0.15) is 18.4 Å². The van der Waals surface area contributed by atoms with E-state index < -0.39 is 0 Å². The molecule has 0 saturated carbocycles. The van der Waals surface area contributed by atoms with Gasteiger partial charge in [-0.25, -0.2) is 4.98 Å². The van der Waals surface area contributed by atoms with Crippen LogP contribution in [0.15, 0.2) is 0 Å². The molecule has 17 heavy (non-hydrogen) atoms. The molecule has 0 aliphatic carbocycles. The van der Waals surface area contributed by atoms with Crippen molar-refractivity contribution in [1.29, 1.82) is 0 Å². The van der Waals surface area contributed by atoms with Crippen LogP contribution in [0.25, 0.3) is 11.2 Å². The van der Waals surface area contributed by atoms with Gasteiger partial charge in [-0.05, 0) is 13.8 Å². The number of nitrogens with zero attached hydrogens (tertiary/aromatic N) is 4. The maximum atomic E-state index is 5.94. The van der Waals surface area contributed by atoms with E-state index in [9.17, 15) is 0 Å². The van der Waals surface area contributed by atoms with Gasteiger partial charge in [0.2, 0.25) is 0 Å². The fraction of sp³-hybridized carbons (Fsp3) is 0.636. The summed E-state index contributed by atoms with van der Waals surface area (Å²) in [6, 6.07) is 0. The summed E-state index contributed by atoms with van der Waals surface area (Å²) in [4.78, 5) is 4.53. The Morgan fingerprint density at radius 2 is 2.18 bits per heavy atom. The van der Waals surface area contributed by atoms with Gasteiger partial charge < -0.3 is 9.30 Å². The third-order valence-corrected chi connectivity index (χ3v) is 3.17. The maximum absolute atomic E-state index is 5.94. The Balaban J connectivity index is 2.57. The number of hydrogen-bond acceptors (Lipinski definition) is 3. The predicted molar refractivity (Wildman–Crippen MR) is 67.3 cm³/mol. The van der Waals surface area contributed by atoms with E-state index in [1.807, 2.05) is 25.6 Å². The van der Waals surface area contributed by atoms with E-state index >= 15 is 0 Å². The summed E-state index contributed by atoms with van der Waals surface area (Å²) in [7, 11) is 3.62. The molecule has 6 heteroatoms. The van der Waals surface area contributed by atoms with Crippen LogP contribution >= 0.6 is 11.6 Å². The van der Waals surface area contributed by atoms with Crippen molar-refractivity contribution in [2.75, 3.05) is 7.11 Å². The molecule has 0 fully saturated rings. The van der Waals surface area contributed by atoms with E-state index in [2.05, 4.69) is 14.6 Å².